The minimum Gasteiger partial charge on any atom is -0.427 e. The van der Waals surface area contributed by atoms with Gasteiger partial charge in [0.1, 0.15) is 11.4 Å². The zero-order valence-electron chi connectivity index (χ0n) is 18.6. The molecule has 9 nitrogen and oxygen atoms in total. The van der Waals surface area contributed by atoms with Crippen LogP contribution in [0.25, 0.3) is 0 Å². The van der Waals surface area contributed by atoms with Crippen molar-refractivity contribution < 1.29 is 33.5 Å². The fourth-order valence-electron chi connectivity index (χ4n) is 4.63. The van der Waals surface area contributed by atoms with Crippen molar-refractivity contribution in [3.63, 3.8) is 0 Å². The summed E-state index contributed by atoms with van der Waals surface area (Å²) in [5.74, 6) is -1.82. The number of likely N-dealkylation sites (tertiary alicyclic amines) is 1. The van der Waals surface area contributed by atoms with Gasteiger partial charge in [0.05, 0.1) is 0 Å². The standard InChI is InChI=1S/C22H27ClFN3O6/c1-21(2,3)32-20(30)33-26-10-15-16(11-26)17(15)27-5-4-22(31,19(27)29)18(28)25-9-12-6-13(23)8-14(24)7-12/h6-8,15-17,31H,4-5,9-11H2,1-3H3,(H,25,28)/t15-,16+,17?,22?. The van der Waals surface area contributed by atoms with Crippen LogP contribution < -0.4 is 5.32 Å². The van der Waals surface area contributed by atoms with Gasteiger partial charge in [-0.05, 0) is 44.5 Å². The van der Waals surface area contributed by atoms with Gasteiger partial charge in [0.25, 0.3) is 11.8 Å². The molecular weight excluding hydrogens is 457 g/mol. The van der Waals surface area contributed by atoms with Gasteiger partial charge in [0, 0.05) is 55.5 Å². The molecule has 1 aromatic carbocycles. The van der Waals surface area contributed by atoms with Gasteiger partial charge in [0.2, 0.25) is 5.60 Å². The number of rotatable bonds is 5. The van der Waals surface area contributed by atoms with Crippen LogP contribution in [0.2, 0.25) is 5.02 Å². The molecule has 2 aliphatic heterocycles. The summed E-state index contributed by atoms with van der Waals surface area (Å²) in [6.45, 7) is 6.31. The van der Waals surface area contributed by atoms with Gasteiger partial charge in [0.15, 0.2) is 0 Å². The third-order valence-electron chi connectivity index (χ3n) is 6.15. The molecule has 4 rings (SSSR count). The molecule has 0 bridgehead atoms. The maximum Gasteiger partial charge on any atom is 0.528 e. The molecule has 1 aromatic rings. The van der Waals surface area contributed by atoms with E-state index in [0.29, 0.717) is 18.7 Å². The molecule has 4 atom stereocenters. The van der Waals surface area contributed by atoms with Crippen molar-refractivity contribution in [1.82, 2.24) is 15.3 Å². The number of halogens is 2. The van der Waals surface area contributed by atoms with Crippen molar-refractivity contribution in [3.05, 3.63) is 34.6 Å². The highest BCUT2D eigenvalue weighted by Crippen LogP contribution is 2.51. The number of aliphatic hydroxyl groups is 1. The predicted molar refractivity (Wildman–Crippen MR) is 114 cm³/mol. The van der Waals surface area contributed by atoms with Gasteiger partial charge in [-0.25, -0.2) is 9.18 Å². The molecule has 2 amide bonds. The van der Waals surface area contributed by atoms with Gasteiger partial charge in [-0.15, -0.1) is 5.06 Å². The van der Waals surface area contributed by atoms with Gasteiger partial charge < -0.3 is 24.9 Å². The van der Waals surface area contributed by atoms with Crippen molar-refractivity contribution >= 4 is 29.6 Å². The molecule has 0 aromatic heterocycles. The Kier molecular flexibility index (Phi) is 6.05. The third kappa shape index (κ3) is 4.92. The minimum atomic E-state index is -2.17. The average Bonchev–Trinajstić information content (AvgIpc) is 3.01. The lowest BCUT2D eigenvalue weighted by molar-refractivity contribution is -0.156. The molecule has 2 N–H and O–H groups in total. The first kappa shape index (κ1) is 23.7. The maximum absolute atomic E-state index is 13.5. The quantitative estimate of drug-likeness (QED) is 0.486. The number of fused-ring (bicyclic) bond motifs is 1. The lowest BCUT2D eigenvalue weighted by Gasteiger charge is -2.26. The number of hydroxylamine groups is 2. The predicted octanol–water partition coefficient (Wildman–Crippen LogP) is 1.86. The molecule has 33 heavy (non-hydrogen) atoms. The van der Waals surface area contributed by atoms with Crippen LogP contribution in [0.3, 0.4) is 0 Å². The zero-order chi connectivity index (χ0) is 24.1. The number of carbonyl (C=O) groups excluding carboxylic acids is 3. The Morgan fingerprint density at radius 3 is 2.55 bits per heavy atom. The Morgan fingerprint density at radius 1 is 1.27 bits per heavy atom. The Hall–Kier alpha value is -2.43. The number of amides is 2. The van der Waals surface area contributed by atoms with Crippen LogP contribution in [-0.4, -0.2) is 69.9 Å². The van der Waals surface area contributed by atoms with Crippen LogP contribution in [-0.2, 0) is 25.7 Å². The van der Waals surface area contributed by atoms with Crippen LogP contribution in [0, 0.1) is 17.7 Å². The van der Waals surface area contributed by atoms with Gasteiger partial charge >= 0.3 is 6.16 Å². The summed E-state index contributed by atoms with van der Waals surface area (Å²) in [4.78, 5) is 44.1. The first-order chi connectivity index (χ1) is 15.4. The molecule has 1 saturated carbocycles. The van der Waals surface area contributed by atoms with Crippen molar-refractivity contribution in [3.8, 4) is 0 Å². The monoisotopic (exact) mass is 483 g/mol. The molecule has 2 unspecified atom stereocenters. The Bertz CT molecular complexity index is 953. The number of piperidine rings is 1. The Balaban J connectivity index is 1.29. The SMILES string of the molecule is CC(C)(C)OC(=O)ON1C[C@@H]2C(N3CCC(O)(C(=O)NCc4cc(F)cc(Cl)c4)C3=O)[C@@H]2C1. The van der Waals surface area contributed by atoms with Gasteiger partial charge in [-0.1, -0.05) is 11.6 Å². The Morgan fingerprint density at radius 2 is 1.94 bits per heavy atom. The highest BCUT2D eigenvalue weighted by Gasteiger charge is 2.64. The highest BCUT2D eigenvalue weighted by molar-refractivity contribution is 6.30. The number of benzene rings is 1. The van der Waals surface area contributed by atoms with E-state index < -0.39 is 35.0 Å². The minimum absolute atomic E-state index is 0.0321. The van der Waals surface area contributed by atoms with E-state index >= 15 is 0 Å². The molecular formula is C22H27ClFN3O6. The first-order valence-electron chi connectivity index (χ1n) is 10.8. The number of ether oxygens (including phenoxy) is 1. The summed E-state index contributed by atoms with van der Waals surface area (Å²) >= 11 is 5.82. The topological polar surface area (TPSA) is 108 Å². The van der Waals surface area contributed by atoms with Crippen LogP contribution in [0.15, 0.2) is 18.2 Å². The van der Waals surface area contributed by atoms with E-state index in [1.807, 2.05) is 0 Å². The molecule has 2 heterocycles. The van der Waals surface area contributed by atoms with Crippen LogP contribution >= 0.6 is 11.6 Å². The molecule has 2 saturated heterocycles. The summed E-state index contributed by atoms with van der Waals surface area (Å²) in [7, 11) is 0. The lowest BCUT2D eigenvalue weighted by atomic mass is 10.0. The van der Waals surface area contributed by atoms with Crippen molar-refractivity contribution in [2.75, 3.05) is 19.6 Å². The summed E-state index contributed by atoms with van der Waals surface area (Å²) < 4.78 is 18.6. The molecule has 180 valence electrons. The number of hydrogen-bond acceptors (Lipinski definition) is 7. The molecule has 3 aliphatic rings. The fraction of sp³-hybridized carbons (Fsp3) is 0.591. The Labute approximate surface area is 195 Å². The van der Waals surface area contributed by atoms with E-state index in [0.717, 1.165) is 6.07 Å². The summed E-state index contributed by atoms with van der Waals surface area (Å²) in [5, 5.41) is 15.0. The summed E-state index contributed by atoms with van der Waals surface area (Å²) in [6, 6.07) is 3.74. The lowest BCUT2D eigenvalue weighted by Crippen LogP contribution is -2.53. The van der Waals surface area contributed by atoms with E-state index in [9.17, 15) is 23.9 Å². The smallest absolute Gasteiger partial charge is 0.427 e. The van der Waals surface area contributed by atoms with Crippen LogP contribution in [0.4, 0.5) is 9.18 Å². The van der Waals surface area contributed by atoms with E-state index in [2.05, 4.69) is 5.32 Å². The number of nitrogens with zero attached hydrogens (tertiary/aromatic N) is 2. The number of hydrogen-bond donors (Lipinski definition) is 2. The fourth-order valence-corrected chi connectivity index (χ4v) is 4.88. The zero-order valence-corrected chi connectivity index (χ0v) is 19.4. The second-order valence-corrected chi connectivity index (χ2v) is 10.2. The third-order valence-corrected chi connectivity index (χ3v) is 6.37. The van der Waals surface area contributed by atoms with Crippen molar-refractivity contribution in [2.45, 2.75) is 51.0 Å². The maximum atomic E-state index is 13.5. The normalized spacial score (nSPS) is 29.1. The van der Waals surface area contributed by atoms with Crippen molar-refractivity contribution in [1.29, 1.82) is 0 Å². The van der Waals surface area contributed by atoms with E-state index in [1.54, 1.807) is 25.7 Å². The first-order valence-corrected chi connectivity index (χ1v) is 11.2. The largest absolute Gasteiger partial charge is 0.528 e. The van der Waals surface area contributed by atoms with E-state index in [-0.39, 0.29) is 42.4 Å². The van der Waals surface area contributed by atoms with Crippen LogP contribution in [0.1, 0.15) is 32.8 Å². The summed E-state index contributed by atoms with van der Waals surface area (Å²) in [6.07, 6.45) is -0.807. The number of carbonyl (C=O) groups is 3. The van der Waals surface area contributed by atoms with E-state index in [1.165, 1.54) is 17.2 Å². The average molecular weight is 484 g/mol. The van der Waals surface area contributed by atoms with Gasteiger partial charge in [-0.2, -0.15) is 0 Å². The second kappa shape index (κ2) is 8.41. The molecule has 11 heteroatoms. The second-order valence-electron chi connectivity index (χ2n) is 9.79. The highest BCUT2D eigenvalue weighted by atomic mass is 35.5. The van der Waals surface area contributed by atoms with Gasteiger partial charge in [-0.3, -0.25) is 9.59 Å². The molecule has 0 radical (unpaired) electrons. The molecule has 3 fully saturated rings. The molecule has 0 spiro atoms. The summed E-state index contributed by atoms with van der Waals surface area (Å²) in [5.41, 5.74) is -2.40. The van der Waals surface area contributed by atoms with Crippen molar-refractivity contribution in [2.24, 2.45) is 11.8 Å². The molecule has 1 aliphatic carbocycles. The number of nitrogens with one attached hydrogen (secondary N) is 1. The van der Waals surface area contributed by atoms with E-state index in [4.69, 9.17) is 21.2 Å². The van der Waals surface area contributed by atoms with Crippen LogP contribution in [0.5, 0.6) is 0 Å².